The molecule has 0 unspecified atom stereocenters. The third-order valence-corrected chi connectivity index (χ3v) is 3.14. The van der Waals surface area contributed by atoms with Crippen LogP contribution in [-0.2, 0) is 19.6 Å². The Labute approximate surface area is 102 Å². The highest BCUT2D eigenvalue weighted by molar-refractivity contribution is 7.89. The number of carboxylic acid groups (broad SMARTS) is 1. The third kappa shape index (κ3) is 11.6. The first-order valence-electron chi connectivity index (χ1n) is 4.96. The standard InChI is InChI=1S/C8H14F3NO5S/c9-8(10,11)2-1-5-18(15,16)12-3-4-17-6-7(13)14/h12H,1-6H2,(H,13,14). The minimum atomic E-state index is -4.37. The molecule has 0 spiro atoms. The van der Waals surface area contributed by atoms with Crippen LogP contribution in [0.2, 0.25) is 0 Å². The minimum Gasteiger partial charge on any atom is -0.480 e. The lowest BCUT2D eigenvalue weighted by Crippen LogP contribution is -2.30. The van der Waals surface area contributed by atoms with Gasteiger partial charge >= 0.3 is 12.1 Å². The van der Waals surface area contributed by atoms with Crippen molar-refractivity contribution < 1.29 is 36.2 Å². The van der Waals surface area contributed by atoms with E-state index in [2.05, 4.69) is 4.74 Å². The molecule has 0 aromatic carbocycles. The van der Waals surface area contributed by atoms with Crippen LogP contribution in [0.1, 0.15) is 12.8 Å². The molecule has 108 valence electrons. The molecule has 0 atom stereocenters. The fraction of sp³-hybridized carbons (Fsp3) is 0.875. The van der Waals surface area contributed by atoms with Crippen molar-refractivity contribution in [2.75, 3.05) is 25.5 Å². The molecule has 0 aromatic heterocycles. The molecule has 6 nitrogen and oxygen atoms in total. The van der Waals surface area contributed by atoms with Gasteiger partial charge in [0.05, 0.1) is 12.4 Å². The summed E-state index contributed by atoms with van der Waals surface area (Å²) >= 11 is 0. The van der Waals surface area contributed by atoms with Gasteiger partial charge in [-0.3, -0.25) is 0 Å². The van der Waals surface area contributed by atoms with E-state index in [9.17, 15) is 26.4 Å². The normalized spacial score (nSPS) is 12.6. The van der Waals surface area contributed by atoms with E-state index in [1.165, 1.54) is 0 Å². The number of sulfonamides is 1. The first-order chi connectivity index (χ1) is 8.12. The number of halogens is 3. The number of alkyl halides is 3. The van der Waals surface area contributed by atoms with Gasteiger partial charge in [-0.15, -0.1) is 0 Å². The van der Waals surface area contributed by atoms with Crippen LogP contribution in [0, 0.1) is 0 Å². The molecular formula is C8H14F3NO5S. The number of nitrogens with one attached hydrogen (secondary N) is 1. The van der Waals surface area contributed by atoms with Crippen LogP contribution < -0.4 is 4.72 Å². The van der Waals surface area contributed by atoms with Gasteiger partial charge in [-0.1, -0.05) is 0 Å². The summed E-state index contributed by atoms with van der Waals surface area (Å²) in [7, 11) is -3.78. The fourth-order valence-electron chi connectivity index (χ4n) is 0.964. The highest BCUT2D eigenvalue weighted by Gasteiger charge is 2.27. The second kappa shape index (κ2) is 7.54. The second-order valence-electron chi connectivity index (χ2n) is 3.38. The van der Waals surface area contributed by atoms with Crippen molar-refractivity contribution in [1.29, 1.82) is 0 Å². The summed E-state index contributed by atoms with van der Waals surface area (Å²) in [5, 5.41) is 8.19. The summed E-state index contributed by atoms with van der Waals surface area (Å²) in [6.07, 6.45) is -6.06. The van der Waals surface area contributed by atoms with E-state index in [1.807, 2.05) is 4.72 Å². The second-order valence-corrected chi connectivity index (χ2v) is 5.30. The highest BCUT2D eigenvalue weighted by atomic mass is 32.2. The predicted molar refractivity (Wildman–Crippen MR) is 55.5 cm³/mol. The number of carbonyl (C=O) groups is 1. The summed E-state index contributed by atoms with van der Waals surface area (Å²) in [6, 6.07) is 0. The van der Waals surface area contributed by atoms with E-state index < -0.39 is 47.4 Å². The van der Waals surface area contributed by atoms with E-state index in [0.717, 1.165) is 0 Å². The molecule has 2 N–H and O–H groups in total. The summed E-state index contributed by atoms with van der Waals surface area (Å²) in [4.78, 5) is 10.0. The highest BCUT2D eigenvalue weighted by Crippen LogP contribution is 2.21. The molecule has 0 saturated heterocycles. The Hall–Kier alpha value is -0.870. The van der Waals surface area contributed by atoms with Crippen molar-refractivity contribution in [1.82, 2.24) is 4.72 Å². The lowest BCUT2D eigenvalue weighted by molar-refractivity contribution is -0.142. The molecule has 18 heavy (non-hydrogen) atoms. The predicted octanol–water partition coefficient (Wildman–Crippen LogP) is 0.349. The van der Waals surface area contributed by atoms with E-state index in [1.54, 1.807) is 0 Å². The SMILES string of the molecule is O=C(O)COCCNS(=O)(=O)CCCC(F)(F)F. The summed E-state index contributed by atoms with van der Waals surface area (Å²) in [5.41, 5.74) is 0. The number of carboxylic acids is 1. The molecule has 0 bridgehead atoms. The monoisotopic (exact) mass is 293 g/mol. The first-order valence-corrected chi connectivity index (χ1v) is 6.61. The summed E-state index contributed by atoms with van der Waals surface area (Å²) in [6.45, 7) is -0.901. The van der Waals surface area contributed by atoms with E-state index in [0.29, 0.717) is 0 Å². The maximum Gasteiger partial charge on any atom is 0.389 e. The topological polar surface area (TPSA) is 92.7 Å². The van der Waals surface area contributed by atoms with Crippen molar-refractivity contribution in [3.63, 3.8) is 0 Å². The van der Waals surface area contributed by atoms with Gasteiger partial charge in [0, 0.05) is 13.0 Å². The quantitative estimate of drug-likeness (QED) is 0.598. The van der Waals surface area contributed by atoms with E-state index >= 15 is 0 Å². The number of aliphatic carboxylic acids is 1. The first kappa shape index (κ1) is 17.1. The molecule has 0 heterocycles. The molecule has 0 aromatic rings. The van der Waals surface area contributed by atoms with E-state index in [4.69, 9.17) is 5.11 Å². The zero-order valence-corrected chi connectivity index (χ0v) is 10.2. The van der Waals surface area contributed by atoms with Crippen LogP contribution in [-0.4, -0.2) is 51.2 Å². The van der Waals surface area contributed by atoms with Crippen LogP contribution in [0.5, 0.6) is 0 Å². The van der Waals surface area contributed by atoms with Gasteiger partial charge in [0.2, 0.25) is 10.0 Å². The molecule has 0 radical (unpaired) electrons. The lowest BCUT2D eigenvalue weighted by atomic mass is 10.3. The molecule has 0 aliphatic heterocycles. The van der Waals surface area contributed by atoms with Gasteiger partial charge in [0.1, 0.15) is 6.61 Å². The molecule has 0 fully saturated rings. The molecule has 0 aliphatic rings. The van der Waals surface area contributed by atoms with Crippen LogP contribution >= 0.6 is 0 Å². The smallest absolute Gasteiger partial charge is 0.389 e. The Bertz CT molecular complexity index is 354. The summed E-state index contributed by atoms with van der Waals surface area (Å²) < 4.78 is 64.2. The van der Waals surface area contributed by atoms with Gasteiger partial charge in [0.25, 0.3) is 0 Å². The number of hydrogen-bond acceptors (Lipinski definition) is 4. The van der Waals surface area contributed by atoms with Crippen LogP contribution in [0.4, 0.5) is 13.2 Å². The van der Waals surface area contributed by atoms with Crippen molar-refractivity contribution in [2.24, 2.45) is 0 Å². The average Bonchev–Trinajstić information content (AvgIpc) is 2.13. The number of ether oxygens (including phenoxy) is 1. The number of rotatable bonds is 9. The molecule has 0 aliphatic carbocycles. The lowest BCUT2D eigenvalue weighted by Gasteiger charge is -2.08. The zero-order chi connectivity index (χ0) is 14.2. The Morgan fingerprint density at radius 3 is 2.44 bits per heavy atom. The molecule has 0 saturated carbocycles. The van der Waals surface area contributed by atoms with Crippen molar-refractivity contribution in [3.05, 3.63) is 0 Å². The maximum absolute atomic E-state index is 11.8. The number of hydrogen-bond donors (Lipinski definition) is 2. The Balaban J connectivity index is 3.71. The molecular weight excluding hydrogens is 279 g/mol. The Morgan fingerprint density at radius 2 is 1.94 bits per heavy atom. The van der Waals surface area contributed by atoms with Gasteiger partial charge in [0.15, 0.2) is 0 Å². The van der Waals surface area contributed by atoms with Crippen LogP contribution in [0.3, 0.4) is 0 Å². The molecule has 10 heteroatoms. The van der Waals surface area contributed by atoms with Gasteiger partial charge < -0.3 is 9.84 Å². The fourth-order valence-corrected chi connectivity index (χ4v) is 2.03. The molecule has 0 rings (SSSR count). The van der Waals surface area contributed by atoms with Crippen molar-refractivity contribution in [3.8, 4) is 0 Å². The van der Waals surface area contributed by atoms with Crippen LogP contribution in [0.15, 0.2) is 0 Å². The zero-order valence-electron chi connectivity index (χ0n) is 9.36. The third-order valence-electron chi connectivity index (χ3n) is 1.67. The minimum absolute atomic E-state index is 0.162. The largest absolute Gasteiger partial charge is 0.480 e. The molecule has 0 amide bonds. The van der Waals surface area contributed by atoms with Gasteiger partial charge in [-0.25, -0.2) is 17.9 Å². The van der Waals surface area contributed by atoms with E-state index in [-0.39, 0.29) is 13.2 Å². The maximum atomic E-state index is 11.8. The summed E-state index contributed by atoms with van der Waals surface area (Å²) in [5.74, 6) is -1.83. The van der Waals surface area contributed by atoms with Crippen molar-refractivity contribution >= 4 is 16.0 Å². The Morgan fingerprint density at radius 1 is 1.33 bits per heavy atom. The van der Waals surface area contributed by atoms with Gasteiger partial charge in [-0.05, 0) is 6.42 Å². The average molecular weight is 293 g/mol. The van der Waals surface area contributed by atoms with Crippen molar-refractivity contribution in [2.45, 2.75) is 19.0 Å². The van der Waals surface area contributed by atoms with Gasteiger partial charge in [-0.2, -0.15) is 13.2 Å². The van der Waals surface area contributed by atoms with Crippen LogP contribution in [0.25, 0.3) is 0 Å². The Kier molecular flexibility index (Phi) is 7.18.